The number of alkyl halides is 2. The third kappa shape index (κ3) is 4.40. The molecule has 7 heteroatoms. The number of esters is 1. The second-order valence-corrected chi connectivity index (χ2v) is 3.82. The minimum atomic E-state index is -2.60. The molecule has 1 heterocycles. The molecule has 0 fully saturated rings. The molecule has 0 spiro atoms. The summed E-state index contributed by atoms with van der Waals surface area (Å²) in [7, 11) is 1.74. The molecule has 0 aliphatic rings. The predicted octanol–water partition coefficient (Wildman–Crippen LogP) is 1.66. The normalized spacial score (nSPS) is 11.2. The van der Waals surface area contributed by atoms with E-state index in [-0.39, 0.29) is 24.8 Å². The second kappa shape index (κ2) is 7.05. The Morgan fingerprint density at radius 2 is 2.33 bits per heavy atom. The van der Waals surface area contributed by atoms with Crippen molar-refractivity contribution >= 4 is 5.97 Å². The zero-order chi connectivity index (χ0) is 13.5. The van der Waals surface area contributed by atoms with Gasteiger partial charge in [-0.2, -0.15) is 8.78 Å². The van der Waals surface area contributed by atoms with Crippen LogP contribution in [0.5, 0.6) is 0 Å². The fourth-order valence-electron chi connectivity index (χ4n) is 1.48. The molecule has 0 aliphatic carbocycles. The van der Waals surface area contributed by atoms with Gasteiger partial charge in [0.15, 0.2) is 0 Å². The van der Waals surface area contributed by atoms with Crippen LogP contribution in [0.25, 0.3) is 0 Å². The number of carbonyl (C=O) groups excluding carboxylic acids is 1. The van der Waals surface area contributed by atoms with Crippen molar-refractivity contribution in [3.8, 4) is 0 Å². The summed E-state index contributed by atoms with van der Waals surface area (Å²) >= 11 is 0. The smallest absolute Gasteiger partial charge is 0.319 e. The van der Waals surface area contributed by atoms with Gasteiger partial charge in [0, 0.05) is 18.9 Å². The van der Waals surface area contributed by atoms with Gasteiger partial charge in [-0.05, 0) is 14.0 Å². The molecule has 5 nitrogen and oxygen atoms in total. The van der Waals surface area contributed by atoms with Gasteiger partial charge in [-0.1, -0.05) is 0 Å². The van der Waals surface area contributed by atoms with Crippen molar-refractivity contribution < 1.29 is 18.3 Å². The van der Waals surface area contributed by atoms with Crippen molar-refractivity contribution in [3.63, 3.8) is 0 Å². The maximum Gasteiger partial charge on any atom is 0.319 e. The Morgan fingerprint density at radius 1 is 1.61 bits per heavy atom. The summed E-state index contributed by atoms with van der Waals surface area (Å²) in [6.45, 7) is 0.186. The van der Waals surface area contributed by atoms with E-state index in [1.807, 2.05) is 0 Å². The first-order chi connectivity index (χ1) is 8.54. The summed E-state index contributed by atoms with van der Waals surface area (Å²) in [5.74, 6) is -0.0158. The van der Waals surface area contributed by atoms with E-state index in [2.05, 4.69) is 4.98 Å². The number of hydrogen-bond donors (Lipinski definition) is 0. The van der Waals surface area contributed by atoms with Crippen LogP contribution in [0.15, 0.2) is 12.4 Å². The lowest BCUT2D eigenvalue weighted by atomic mass is 10.4. The maximum atomic E-state index is 12.6. The first-order valence-electron chi connectivity index (χ1n) is 5.68. The summed E-state index contributed by atoms with van der Waals surface area (Å²) in [6, 6.07) is 0. The largest absolute Gasteiger partial charge is 0.466 e. The third-order valence-corrected chi connectivity index (χ3v) is 2.37. The maximum absolute atomic E-state index is 12.6. The quantitative estimate of drug-likeness (QED) is 0.700. The van der Waals surface area contributed by atoms with Crippen LogP contribution in [0.4, 0.5) is 8.78 Å². The number of rotatable bonds is 7. The molecular weight excluding hydrogens is 244 g/mol. The lowest BCUT2D eigenvalue weighted by Crippen LogP contribution is -2.24. The molecule has 102 valence electrons. The number of carbonyl (C=O) groups is 1. The monoisotopic (exact) mass is 261 g/mol. The van der Waals surface area contributed by atoms with E-state index < -0.39 is 6.55 Å². The minimum Gasteiger partial charge on any atom is -0.466 e. The van der Waals surface area contributed by atoms with Crippen LogP contribution in [0.3, 0.4) is 0 Å². The number of aromatic nitrogens is 2. The lowest BCUT2D eigenvalue weighted by molar-refractivity contribution is -0.143. The summed E-state index contributed by atoms with van der Waals surface area (Å²) in [4.78, 5) is 16.7. The molecule has 0 saturated heterocycles. The van der Waals surface area contributed by atoms with E-state index in [1.165, 1.54) is 12.4 Å². The average molecular weight is 261 g/mol. The first-order valence-corrected chi connectivity index (χ1v) is 5.68. The average Bonchev–Trinajstić information content (AvgIpc) is 2.75. The van der Waals surface area contributed by atoms with E-state index in [0.29, 0.717) is 13.2 Å². The standard InChI is InChI=1S/C11H17F2N3O2/c1-3-18-10(17)4-6-15(2)8-9-14-5-7-16(9)11(12)13/h5,7,11H,3-4,6,8H2,1-2H3. The van der Waals surface area contributed by atoms with Crippen molar-refractivity contribution in [2.75, 3.05) is 20.2 Å². The van der Waals surface area contributed by atoms with Crippen molar-refractivity contribution in [3.05, 3.63) is 18.2 Å². The number of hydrogen-bond acceptors (Lipinski definition) is 4. The number of imidazole rings is 1. The molecule has 0 unspecified atom stereocenters. The first kappa shape index (κ1) is 14.6. The molecule has 0 aliphatic heterocycles. The van der Waals surface area contributed by atoms with Crippen molar-refractivity contribution in [1.82, 2.24) is 14.5 Å². The van der Waals surface area contributed by atoms with Gasteiger partial charge >= 0.3 is 12.5 Å². The zero-order valence-corrected chi connectivity index (χ0v) is 10.5. The van der Waals surface area contributed by atoms with Gasteiger partial charge in [0.05, 0.1) is 19.6 Å². The van der Waals surface area contributed by atoms with Gasteiger partial charge in [0.25, 0.3) is 0 Å². The van der Waals surface area contributed by atoms with Gasteiger partial charge in [0.1, 0.15) is 5.82 Å². The predicted molar refractivity (Wildman–Crippen MR) is 61.1 cm³/mol. The SMILES string of the molecule is CCOC(=O)CCN(C)Cc1nccn1C(F)F. The molecule has 0 radical (unpaired) electrons. The van der Waals surface area contributed by atoms with Crippen LogP contribution in [0.2, 0.25) is 0 Å². The van der Waals surface area contributed by atoms with Crippen LogP contribution in [0, 0.1) is 0 Å². The molecule has 0 N–H and O–H groups in total. The highest BCUT2D eigenvalue weighted by Crippen LogP contribution is 2.13. The highest BCUT2D eigenvalue weighted by molar-refractivity contribution is 5.69. The van der Waals surface area contributed by atoms with Gasteiger partial charge in [-0.3, -0.25) is 14.3 Å². The lowest BCUT2D eigenvalue weighted by Gasteiger charge is -2.16. The van der Waals surface area contributed by atoms with Crippen LogP contribution in [0.1, 0.15) is 25.7 Å². The van der Waals surface area contributed by atoms with Gasteiger partial charge in [-0.25, -0.2) is 4.98 Å². The zero-order valence-electron chi connectivity index (χ0n) is 10.5. The van der Waals surface area contributed by atoms with E-state index in [4.69, 9.17) is 4.74 Å². The second-order valence-electron chi connectivity index (χ2n) is 3.82. The Kier molecular flexibility index (Phi) is 5.70. The van der Waals surface area contributed by atoms with Crippen LogP contribution >= 0.6 is 0 Å². The Labute approximate surface area is 104 Å². The van der Waals surface area contributed by atoms with E-state index in [9.17, 15) is 13.6 Å². The molecular formula is C11H17F2N3O2. The Balaban J connectivity index is 2.42. The van der Waals surface area contributed by atoms with Crippen molar-refractivity contribution in [1.29, 1.82) is 0 Å². The highest BCUT2D eigenvalue weighted by atomic mass is 19.3. The minimum absolute atomic E-state index is 0.236. The van der Waals surface area contributed by atoms with E-state index in [1.54, 1.807) is 18.9 Å². The third-order valence-electron chi connectivity index (χ3n) is 2.37. The molecule has 0 saturated carbocycles. The number of ether oxygens (including phenoxy) is 1. The van der Waals surface area contributed by atoms with E-state index >= 15 is 0 Å². The molecule has 1 rings (SSSR count). The topological polar surface area (TPSA) is 47.4 Å². The fraction of sp³-hybridized carbons (Fsp3) is 0.636. The Bertz CT molecular complexity index is 382. The summed E-state index contributed by atoms with van der Waals surface area (Å²) in [5.41, 5.74) is 0. The van der Waals surface area contributed by atoms with Crippen LogP contribution < -0.4 is 0 Å². The van der Waals surface area contributed by atoms with Gasteiger partial charge < -0.3 is 4.74 Å². The summed E-state index contributed by atoms with van der Waals surface area (Å²) in [6.07, 6.45) is 2.81. The summed E-state index contributed by atoms with van der Waals surface area (Å²) < 4.78 is 30.7. The van der Waals surface area contributed by atoms with Gasteiger partial charge in [0.2, 0.25) is 0 Å². The Hall–Kier alpha value is -1.50. The molecule has 0 bridgehead atoms. The van der Waals surface area contributed by atoms with Crippen molar-refractivity contribution in [2.24, 2.45) is 0 Å². The molecule has 1 aromatic rings. The van der Waals surface area contributed by atoms with Crippen LogP contribution in [-0.4, -0.2) is 40.6 Å². The molecule has 0 amide bonds. The fourth-order valence-corrected chi connectivity index (χ4v) is 1.48. The van der Waals surface area contributed by atoms with Crippen molar-refractivity contribution in [2.45, 2.75) is 26.4 Å². The molecule has 0 atom stereocenters. The van der Waals surface area contributed by atoms with E-state index in [0.717, 1.165) is 4.57 Å². The number of halogens is 2. The molecule has 1 aromatic heterocycles. The van der Waals surface area contributed by atoms with Gasteiger partial charge in [-0.15, -0.1) is 0 Å². The molecule has 18 heavy (non-hydrogen) atoms. The number of nitrogens with zero attached hydrogens (tertiary/aromatic N) is 3. The summed E-state index contributed by atoms with van der Waals surface area (Å²) in [5, 5.41) is 0. The van der Waals surface area contributed by atoms with Crippen LogP contribution in [-0.2, 0) is 16.1 Å². The molecule has 0 aromatic carbocycles. The Morgan fingerprint density at radius 3 is 2.94 bits per heavy atom. The highest BCUT2D eigenvalue weighted by Gasteiger charge is 2.13.